The molecular formula is C52H30N4S2. The van der Waals surface area contributed by atoms with Crippen LogP contribution in [0.5, 0.6) is 0 Å². The van der Waals surface area contributed by atoms with Crippen molar-refractivity contribution in [3.8, 4) is 34.2 Å². The summed E-state index contributed by atoms with van der Waals surface area (Å²) < 4.78 is 9.83. The Balaban J connectivity index is 1.13. The van der Waals surface area contributed by atoms with E-state index in [-0.39, 0.29) is 0 Å². The highest BCUT2D eigenvalue weighted by Crippen LogP contribution is 2.43. The Morgan fingerprint density at radius 2 is 0.862 bits per heavy atom. The molecule has 0 unspecified atom stereocenters. The molecule has 0 radical (unpaired) electrons. The third-order valence-electron chi connectivity index (χ3n) is 11.7. The number of para-hydroxylation sites is 3. The molecule has 0 saturated heterocycles. The molecule has 13 rings (SSSR count). The van der Waals surface area contributed by atoms with Crippen molar-refractivity contribution in [3.63, 3.8) is 0 Å². The van der Waals surface area contributed by atoms with Crippen LogP contribution in [0.4, 0.5) is 0 Å². The number of rotatable bonds is 4. The summed E-state index contributed by atoms with van der Waals surface area (Å²) in [4.78, 5) is 11.0. The van der Waals surface area contributed by atoms with E-state index in [0.717, 1.165) is 44.6 Å². The van der Waals surface area contributed by atoms with Crippen LogP contribution >= 0.6 is 22.7 Å². The fourth-order valence-corrected chi connectivity index (χ4v) is 11.3. The maximum atomic E-state index is 5.50. The highest BCUT2D eigenvalue weighted by molar-refractivity contribution is 7.26. The predicted octanol–water partition coefficient (Wildman–Crippen LogP) is 14.7. The molecule has 5 heterocycles. The van der Waals surface area contributed by atoms with Gasteiger partial charge in [0.05, 0.1) is 33.5 Å². The third-order valence-corrected chi connectivity index (χ3v) is 14.0. The van der Waals surface area contributed by atoms with Crippen LogP contribution in [0.15, 0.2) is 182 Å². The number of benzene rings is 8. The molecule has 8 aromatic carbocycles. The molecule has 0 aliphatic carbocycles. The second-order valence-corrected chi connectivity index (χ2v) is 17.1. The van der Waals surface area contributed by atoms with E-state index in [1.165, 1.54) is 67.5 Å². The summed E-state index contributed by atoms with van der Waals surface area (Å²) in [5.74, 6) is 0.644. The van der Waals surface area contributed by atoms with Crippen LogP contribution < -0.4 is 0 Å². The van der Waals surface area contributed by atoms with Gasteiger partial charge in [0.2, 0.25) is 5.95 Å². The summed E-state index contributed by atoms with van der Waals surface area (Å²) in [6.07, 6.45) is 0. The number of fused-ring (bicyclic) bond motifs is 13. The van der Waals surface area contributed by atoms with Gasteiger partial charge >= 0.3 is 0 Å². The molecule has 6 heteroatoms. The van der Waals surface area contributed by atoms with Gasteiger partial charge in [-0.1, -0.05) is 109 Å². The maximum absolute atomic E-state index is 5.50. The molecule has 0 amide bonds. The summed E-state index contributed by atoms with van der Waals surface area (Å²) in [5.41, 5.74) is 9.53. The van der Waals surface area contributed by atoms with Crippen molar-refractivity contribution in [2.24, 2.45) is 0 Å². The second-order valence-electron chi connectivity index (χ2n) is 15.0. The normalized spacial score (nSPS) is 12.1. The molecule has 0 bridgehead atoms. The molecule has 270 valence electrons. The van der Waals surface area contributed by atoms with Crippen molar-refractivity contribution in [2.45, 2.75) is 0 Å². The molecule has 0 N–H and O–H groups in total. The molecule has 0 aliphatic heterocycles. The number of thiophene rings is 2. The van der Waals surface area contributed by atoms with Crippen LogP contribution in [-0.2, 0) is 0 Å². The number of nitrogens with zero attached hydrogens (tertiary/aromatic N) is 4. The van der Waals surface area contributed by atoms with E-state index in [4.69, 9.17) is 9.97 Å². The van der Waals surface area contributed by atoms with Crippen molar-refractivity contribution in [1.82, 2.24) is 19.1 Å². The molecule has 5 aromatic heterocycles. The zero-order chi connectivity index (χ0) is 37.9. The van der Waals surface area contributed by atoms with Gasteiger partial charge in [-0.15, -0.1) is 22.7 Å². The lowest BCUT2D eigenvalue weighted by molar-refractivity contribution is 0.996. The summed E-state index contributed by atoms with van der Waals surface area (Å²) in [7, 11) is 0. The minimum Gasteiger partial charge on any atom is -0.309 e. The topological polar surface area (TPSA) is 35.6 Å². The third kappa shape index (κ3) is 4.61. The molecule has 4 nitrogen and oxygen atoms in total. The molecule has 0 aliphatic rings. The van der Waals surface area contributed by atoms with E-state index in [1.807, 2.05) is 22.7 Å². The Kier molecular flexibility index (Phi) is 6.73. The first kappa shape index (κ1) is 32.0. The van der Waals surface area contributed by atoms with Gasteiger partial charge in [0.1, 0.15) is 0 Å². The molecule has 58 heavy (non-hydrogen) atoms. The quantitative estimate of drug-likeness (QED) is 0.178. The van der Waals surface area contributed by atoms with Crippen molar-refractivity contribution >= 4 is 107 Å². The van der Waals surface area contributed by atoms with Gasteiger partial charge in [-0.25, -0.2) is 9.97 Å². The van der Waals surface area contributed by atoms with E-state index in [0.29, 0.717) is 5.95 Å². The van der Waals surface area contributed by atoms with E-state index in [9.17, 15) is 0 Å². The van der Waals surface area contributed by atoms with Gasteiger partial charge in [-0.3, -0.25) is 4.57 Å². The molecule has 13 aromatic rings. The second kappa shape index (κ2) is 12.2. The van der Waals surface area contributed by atoms with Crippen LogP contribution in [0.3, 0.4) is 0 Å². The summed E-state index contributed by atoms with van der Waals surface area (Å²) >= 11 is 3.67. The first-order valence-corrected chi connectivity index (χ1v) is 21.1. The standard InChI is InChI=1S/C52H30N4S2/c1-2-12-33(13-3-1)55-43-18-8-4-14-34(43)37-24-25-45-50(51(37)55)38-17-5-9-19-44(38)56(45)52-53-41(31-22-26-48-39(28-31)35-15-6-10-20-46(35)57-48)30-42(54-52)32-23-27-49-40(29-32)36-16-7-11-21-47(36)58-49/h1-30H. The van der Waals surface area contributed by atoms with Crippen LogP contribution in [0, 0.1) is 0 Å². The molecule has 0 saturated carbocycles. The van der Waals surface area contributed by atoms with Crippen LogP contribution in [-0.4, -0.2) is 19.1 Å². The average Bonchev–Trinajstić information content (AvgIpc) is 4.03. The Morgan fingerprint density at radius 3 is 1.50 bits per heavy atom. The van der Waals surface area contributed by atoms with Crippen molar-refractivity contribution in [2.75, 3.05) is 0 Å². The summed E-state index contributed by atoms with van der Waals surface area (Å²) in [6, 6.07) is 65.8. The Hall–Kier alpha value is -7.12. The number of hydrogen-bond donors (Lipinski definition) is 0. The molecule has 0 fully saturated rings. The number of aromatic nitrogens is 4. The van der Waals surface area contributed by atoms with Gasteiger partial charge in [0.25, 0.3) is 0 Å². The van der Waals surface area contributed by atoms with Crippen molar-refractivity contribution < 1.29 is 0 Å². The monoisotopic (exact) mass is 774 g/mol. The lowest BCUT2D eigenvalue weighted by atomic mass is 10.0. The van der Waals surface area contributed by atoms with Gasteiger partial charge < -0.3 is 4.57 Å². The fourth-order valence-electron chi connectivity index (χ4n) is 9.17. The van der Waals surface area contributed by atoms with E-state index in [2.05, 4.69) is 191 Å². The Morgan fingerprint density at radius 1 is 0.345 bits per heavy atom. The van der Waals surface area contributed by atoms with Gasteiger partial charge in [0, 0.05) is 78.7 Å². The smallest absolute Gasteiger partial charge is 0.235 e. The lowest BCUT2D eigenvalue weighted by Crippen LogP contribution is -2.04. The van der Waals surface area contributed by atoms with Crippen molar-refractivity contribution in [1.29, 1.82) is 0 Å². The summed E-state index contributed by atoms with van der Waals surface area (Å²) in [5, 5.41) is 9.84. The highest BCUT2D eigenvalue weighted by atomic mass is 32.1. The zero-order valence-corrected chi connectivity index (χ0v) is 32.6. The first-order valence-electron chi connectivity index (χ1n) is 19.5. The van der Waals surface area contributed by atoms with Gasteiger partial charge in [0.15, 0.2) is 0 Å². The zero-order valence-electron chi connectivity index (χ0n) is 30.9. The SMILES string of the molecule is c1ccc(-n2c3ccccc3c3ccc4c(c5ccccc5n4-c4nc(-c5ccc6sc7ccccc7c6c5)cc(-c5ccc6sc7ccccc7c6c5)n4)c32)cc1. The summed E-state index contributed by atoms with van der Waals surface area (Å²) in [6.45, 7) is 0. The Labute approximate surface area is 340 Å². The Bertz CT molecular complexity index is 3680. The van der Waals surface area contributed by atoms with E-state index < -0.39 is 0 Å². The largest absolute Gasteiger partial charge is 0.309 e. The fraction of sp³-hybridized carbons (Fsp3) is 0. The lowest BCUT2D eigenvalue weighted by Gasteiger charge is -2.12. The minimum absolute atomic E-state index is 0.644. The van der Waals surface area contributed by atoms with Gasteiger partial charge in [-0.2, -0.15) is 0 Å². The van der Waals surface area contributed by atoms with Crippen molar-refractivity contribution in [3.05, 3.63) is 182 Å². The van der Waals surface area contributed by atoms with Crippen LogP contribution in [0.1, 0.15) is 0 Å². The van der Waals surface area contributed by atoms with E-state index in [1.54, 1.807) is 0 Å². The van der Waals surface area contributed by atoms with Crippen LogP contribution in [0.2, 0.25) is 0 Å². The molecule has 0 spiro atoms. The number of hydrogen-bond acceptors (Lipinski definition) is 4. The first-order chi connectivity index (χ1) is 28.7. The molecular weight excluding hydrogens is 745 g/mol. The average molecular weight is 775 g/mol. The highest BCUT2D eigenvalue weighted by Gasteiger charge is 2.23. The minimum atomic E-state index is 0.644. The maximum Gasteiger partial charge on any atom is 0.235 e. The van der Waals surface area contributed by atoms with Crippen LogP contribution in [0.25, 0.3) is 118 Å². The molecule has 0 atom stereocenters. The van der Waals surface area contributed by atoms with E-state index >= 15 is 0 Å². The van der Waals surface area contributed by atoms with Gasteiger partial charge in [-0.05, 0) is 72.8 Å². The predicted molar refractivity (Wildman–Crippen MR) is 247 cm³/mol.